The second-order valence-electron chi connectivity index (χ2n) is 8.71. The van der Waals surface area contributed by atoms with Crippen molar-refractivity contribution in [2.45, 2.75) is 45.5 Å². The molecule has 0 aliphatic carbocycles. The van der Waals surface area contributed by atoms with E-state index in [2.05, 4.69) is 15.5 Å². The number of hydrogen-bond donors (Lipinski definition) is 1. The Morgan fingerprint density at radius 1 is 1.11 bits per heavy atom. The van der Waals surface area contributed by atoms with Crippen molar-refractivity contribution in [2.24, 2.45) is 0 Å². The number of benzene rings is 2. The van der Waals surface area contributed by atoms with Crippen LogP contribution >= 0.6 is 23.1 Å². The minimum absolute atomic E-state index is 0.101. The third kappa shape index (κ3) is 6.25. The summed E-state index contributed by atoms with van der Waals surface area (Å²) in [5.41, 5.74) is 4.19. The molecule has 2 heterocycles. The molecule has 1 atom stereocenters. The number of anilines is 1. The molecule has 0 saturated heterocycles. The molecule has 0 saturated carbocycles. The number of thiophene rings is 1. The highest BCUT2D eigenvalue weighted by molar-refractivity contribution is 7.99. The number of hydrogen-bond acceptors (Lipinski definition) is 8. The van der Waals surface area contributed by atoms with E-state index in [0.717, 1.165) is 28.0 Å². The average molecular weight is 551 g/mol. The summed E-state index contributed by atoms with van der Waals surface area (Å²) >= 11 is 2.58. The number of thioether (sulfide) groups is 1. The number of carbonyl (C=O) groups excluding carboxylic acids is 2. The summed E-state index contributed by atoms with van der Waals surface area (Å²) in [6, 6.07) is 15.7. The number of nitrogens with one attached hydrogen (secondary N) is 1. The van der Waals surface area contributed by atoms with Crippen LogP contribution in [0.1, 0.15) is 47.3 Å². The molecule has 4 aromatic rings. The molecular weight excluding hydrogens is 520 g/mol. The van der Waals surface area contributed by atoms with E-state index < -0.39 is 5.97 Å². The first-order valence-corrected chi connectivity index (χ1v) is 14.0. The van der Waals surface area contributed by atoms with E-state index in [1.165, 1.54) is 30.2 Å². The van der Waals surface area contributed by atoms with E-state index in [0.29, 0.717) is 28.1 Å². The Morgan fingerprint density at radius 2 is 1.87 bits per heavy atom. The highest BCUT2D eigenvalue weighted by atomic mass is 32.2. The summed E-state index contributed by atoms with van der Waals surface area (Å²) in [5, 5.41) is 14.4. The van der Waals surface area contributed by atoms with Crippen molar-refractivity contribution >= 4 is 40.0 Å². The third-order valence-electron chi connectivity index (χ3n) is 5.86. The minimum atomic E-state index is -0.497. The Hall–Kier alpha value is -3.63. The molecular formula is C28H30N4O4S2. The Labute approximate surface area is 230 Å². The van der Waals surface area contributed by atoms with Crippen LogP contribution in [0.4, 0.5) is 5.00 Å². The summed E-state index contributed by atoms with van der Waals surface area (Å²) < 4.78 is 13.0. The maximum absolute atomic E-state index is 12.9. The van der Waals surface area contributed by atoms with E-state index in [1.807, 2.05) is 86.2 Å². The highest BCUT2D eigenvalue weighted by Gasteiger charge is 2.23. The summed E-state index contributed by atoms with van der Waals surface area (Å²) in [5.74, 6) is 0.797. The third-order valence-corrected chi connectivity index (χ3v) is 7.72. The fourth-order valence-electron chi connectivity index (χ4n) is 3.94. The predicted octanol–water partition coefficient (Wildman–Crippen LogP) is 6.30. The van der Waals surface area contributed by atoms with Crippen molar-refractivity contribution in [1.29, 1.82) is 0 Å². The second kappa shape index (κ2) is 12.3. The van der Waals surface area contributed by atoms with Crippen LogP contribution in [0.25, 0.3) is 11.1 Å². The van der Waals surface area contributed by atoms with Gasteiger partial charge >= 0.3 is 5.97 Å². The van der Waals surface area contributed by atoms with Gasteiger partial charge in [-0.1, -0.05) is 53.7 Å². The SMILES string of the molecule is CCn1c(SCC(=O)Nc2scc(-c3ccc(C)cc3)c2C(=O)OC)nnc1C(C)Oc1cccc(C)c1. The number of rotatable bonds is 10. The maximum atomic E-state index is 12.9. The molecule has 0 aliphatic rings. The summed E-state index contributed by atoms with van der Waals surface area (Å²) in [4.78, 5) is 25.5. The van der Waals surface area contributed by atoms with Crippen LogP contribution in [0.2, 0.25) is 0 Å². The molecule has 0 spiro atoms. The fourth-order valence-corrected chi connectivity index (χ4v) is 5.73. The van der Waals surface area contributed by atoms with Crippen LogP contribution in [0, 0.1) is 13.8 Å². The van der Waals surface area contributed by atoms with Gasteiger partial charge < -0.3 is 19.4 Å². The molecule has 1 unspecified atom stereocenters. The molecule has 1 amide bonds. The number of aryl methyl sites for hydroxylation is 2. The quantitative estimate of drug-likeness (QED) is 0.183. The predicted molar refractivity (Wildman–Crippen MR) is 151 cm³/mol. The molecule has 4 rings (SSSR count). The van der Waals surface area contributed by atoms with E-state index in [9.17, 15) is 9.59 Å². The lowest BCUT2D eigenvalue weighted by Crippen LogP contribution is -2.17. The number of methoxy groups -OCH3 is 1. The van der Waals surface area contributed by atoms with Crippen molar-refractivity contribution in [3.63, 3.8) is 0 Å². The fraction of sp³-hybridized carbons (Fsp3) is 0.286. The zero-order valence-electron chi connectivity index (χ0n) is 22.0. The molecule has 8 nitrogen and oxygen atoms in total. The van der Waals surface area contributed by atoms with Crippen LogP contribution in [-0.4, -0.2) is 39.5 Å². The molecule has 2 aromatic carbocycles. The van der Waals surface area contributed by atoms with Crippen LogP contribution in [0.15, 0.2) is 59.1 Å². The molecule has 0 radical (unpaired) electrons. The lowest BCUT2D eigenvalue weighted by atomic mass is 10.0. The Bertz CT molecular complexity index is 1430. The van der Waals surface area contributed by atoms with Gasteiger partial charge in [-0.25, -0.2) is 4.79 Å². The zero-order chi connectivity index (χ0) is 27.2. The van der Waals surface area contributed by atoms with Crippen LogP contribution < -0.4 is 10.1 Å². The molecule has 198 valence electrons. The van der Waals surface area contributed by atoms with Crippen LogP contribution in [0.5, 0.6) is 5.75 Å². The summed E-state index contributed by atoms with van der Waals surface area (Å²) in [6.07, 6.45) is -0.318. The van der Waals surface area contributed by atoms with Gasteiger partial charge in [0.15, 0.2) is 17.1 Å². The zero-order valence-corrected chi connectivity index (χ0v) is 23.6. The van der Waals surface area contributed by atoms with Gasteiger partial charge in [-0.3, -0.25) is 4.79 Å². The topological polar surface area (TPSA) is 95.3 Å². The van der Waals surface area contributed by atoms with Crippen LogP contribution in [-0.2, 0) is 16.1 Å². The number of nitrogens with zero attached hydrogens (tertiary/aromatic N) is 3. The summed E-state index contributed by atoms with van der Waals surface area (Å²) in [6.45, 7) is 8.57. The Kier molecular flexibility index (Phi) is 8.85. The van der Waals surface area contributed by atoms with Crippen LogP contribution in [0.3, 0.4) is 0 Å². The van der Waals surface area contributed by atoms with Crippen molar-refractivity contribution in [3.8, 4) is 16.9 Å². The molecule has 10 heteroatoms. The minimum Gasteiger partial charge on any atom is -0.483 e. The van der Waals surface area contributed by atoms with Gasteiger partial charge in [0.25, 0.3) is 0 Å². The second-order valence-corrected chi connectivity index (χ2v) is 10.5. The highest BCUT2D eigenvalue weighted by Crippen LogP contribution is 2.36. The van der Waals surface area contributed by atoms with Gasteiger partial charge in [-0.15, -0.1) is 21.5 Å². The number of amides is 1. The van der Waals surface area contributed by atoms with Gasteiger partial charge in [-0.2, -0.15) is 0 Å². The van der Waals surface area contributed by atoms with E-state index >= 15 is 0 Å². The molecule has 0 aliphatic heterocycles. The molecule has 2 aromatic heterocycles. The van der Waals surface area contributed by atoms with Crippen molar-refractivity contribution in [3.05, 3.63) is 76.4 Å². The Balaban J connectivity index is 1.45. The first-order valence-electron chi connectivity index (χ1n) is 12.2. The average Bonchev–Trinajstić information content (AvgIpc) is 3.51. The smallest absolute Gasteiger partial charge is 0.341 e. The largest absolute Gasteiger partial charge is 0.483 e. The number of aromatic nitrogens is 3. The normalized spacial score (nSPS) is 11.7. The van der Waals surface area contributed by atoms with Crippen molar-refractivity contribution < 1.29 is 19.1 Å². The number of esters is 1. The van der Waals surface area contributed by atoms with Gasteiger partial charge in [0.05, 0.1) is 12.9 Å². The van der Waals surface area contributed by atoms with Gasteiger partial charge in [-0.05, 0) is 51.0 Å². The Morgan fingerprint density at radius 3 is 2.55 bits per heavy atom. The first kappa shape index (κ1) is 27.4. The lowest BCUT2D eigenvalue weighted by Gasteiger charge is -2.16. The molecule has 38 heavy (non-hydrogen) atoms. The maximum Gasteiger partial charge on any atom is 0.341 e. The van der Waals surface area contributed by atoms with Gasteiger partial charge in [0.1, 0.15) is 16.3 Å². The molecule has 0 bridgehead atoms. The van der Waals surface area contributed by atoms with E-state index in [4.69, 9.17) is 9.47 Å². The van der Waals surface area contributed by atoms with Gasteiger partial charge in [0.2, 0.25) is 5.91 Å². The van der Waals surface area contributed by atoms with Gasteiger partial charge in [0, 0.05) is 17.5 Å². The first-order chi connectivity index (χ1) is 18.3. The molecule has 0 fully saturated rings. The van der Waals surface area contributed by atoms with Crippen molar-refractivity contribution in [1.82, 2.24) is 14.8 Å². The van der Waals surface area contributed by atoms with Crippen molar-refractivity contribution in [2.75, 3.05) is 18.2 Å². The molecule has 1 N–H and O–H groups in total. The number of ether oxygens (including phenoxy) is 2. The van der Waals surface area contributed by atoms with E-state index in [1.54, 1.807) is 0 Å². The van der Waals surface area contributed by atoms with E-state index in [-0.39, 0.29) is 17.8 Å². The summed E-state index contributed by atoms with van der Waals surface area (Å²) in [7, 11) is 1.33. The standard InChI is InChI=1S/C28H30N4O4S2/c1-6-32-25(19(4)36-21-9-7-8-18(3)14-21)30-31-28(32)38-16-23(33)29-26-24(27(34)35-5)22(15-37-26)20-12-10-17(2)11-13-20/h7-15,19H,6,16H2,1-5H3,(H,29,33). The lowest BCUT2D eigenvalue weighted by molar-refractivity contribution is -0.113. The number of carbonyl (C=O) groups is 2. The monoisotopic (exact) mass is 550 g/mol.